The van der Waals surface area contributed by atoms with Crippen molar-refractivity contribution in [1.82, 2.24) is 19.3 Å². The highest BCUT2D eigenvalue weighted by molar-refractivity contribution is 5.68. The summed E-state index contributed by atoms with van der Waals surface area (Å²) in [5.74, 6) is -0.246. The number of imidazole rings is 1. The Hall–Kier alpha value is -1.99. The number of aliphatic carboxylic acids is 1. The van der Waals surface area contributed by atoms with E-state index in [1.165, 1.54) is 0 Å². The Morgan fingerprint density at radius 2 is 2.35 bits per heavy atom. The number of likely N-dealkylation sites (tertiary alicyclic amines) is 1. The summed E-state index contributed by atoms with van der Waals surface area (Å²) < 4.78 is 7.26. The molecule has 3 rings (SSSR count). The van der Waals surface area contributed by atoms with Gasteiger partial charge in [0.25, 0.3) is 0 Å². The van der Waals surface area contributed by atoms with Gasteiger partial charge in [0.1, 0.15) is 6.61 Å². The highest BCUT2D eigenvalue weighted by atomic mass is 16.5. The molecule has 2 aromatic heterocycles. The molecule has 0 atom stereocenters. The average molecular weight is 276 g/mol. The zero-order chi connectivity index (χ0) is 14.2. The second-order valence-electron chi connectivity index (χ2n) is 5.34. The summed E-state index contributed by atoms with van der Waals surface area (Å²) in [5.41, 5.74) is 0.583. The Bertz CT molecular complexity index is 600. The first-order valence-corrected chi connectivity index (χ1v) is 6.41. The molecule has 0 bridgehead atoms. The van der Waals surface area contributed by atoms with Crippen LogP contribution in [-0.4, -0.2) is 55.6 Å². The lowest BCUT2D eigenvalue weighted by Gasteiger charge is -2.47. The molecule has 1 aliphatic rings. The van der Waals surface area contributed by atoms with E-state index in [4.69, 9.17) is 9.84 Å². The predicted octanol–water partition coefficient (Wildman–Crippen LogP) is 0.405. The topological polar surface area (TPSA) is 80.0 Å². The highest BCUT2D eigenvalue weighted by Gasteiger charge is 2.40. The van der Waals surface area contributed by atoms with Crippen LogP contribution in [0.3, 0.4) is 0 Å². The lowest BCUT2D eigenvalue weighted by molar-refractivity contribution is -0.165. The summed E-state index contributed by atoms with van der Waals surface area (Å²) in [6.07, 6.45) is 5.58. The minimum atomic E-state index is -0.934. The SMILES string of the molecule is CC1(OCC(=O)O)CN(Cc2cn3cccnc3n2)C1. The number of nitrogens with zero attached hydrogens (tertiary/aromatic N) is 4. The van der Waals surface area contributed by atoms with Crippen LogP contribution in [-0.2, 0) is 16.1 Å². The lowest BCUT2D eigenvalue weighted by atomic mass is 9.96. The van der Waals surface area contributed by atoms with Crippen molar-refractivity contribution in [2.45, 2.75) is 19.1 Å². The maximum Gasteiger partial charge on any atom is 0.329 e. The monoisotopic (exact) mass is 276 g/mol. The third kappa shape index (κ3) is 2.63. The maximum absolute atomic E-state index is 10.5. The van der Waals surface area contributed by atoms with Crippen molar-refractivity contribution in [3.63, 3.8) is 0 Å². The maximum atomic E-state index is 10.5. The molecule has 0 unspecified atom stereocenters. The second kappa shape index (κ2) is 4.84. The summed E-state index contributed by atoms with van der Waals surface area (Å²) in [5, 5.41) is 8.62. The fourth-order valence-electron chi connectivity index (χ4n) is 2.52. The minimum Gasteiger partial charge on any atom is -0.480 e. The fourth-order valence-corrected chi connectivity index (χ4v) is 2.52. The van der Waals surface area contributed by atoms with Crippen molar-refractivity contribution >= 4 is 11.7 Å². The van der Waals surface area contributed by atoms with Gasteiger partial charge in [-0.1, -0.05) is 0 Å². The quantitative estimate of drug-likeness (QED) is 0.851. The first kappa shape index (κ1) is 13.0. The first-order valence-electron chi connectivity index (χ1n) is 6.41. The van der Waals surface area contributed by atoms with Gasteiger partial charge in [-0.3, -0.25) is 9.30 Å². The molecule has 1 N–H and O–H groups in total. The number of carbonyl (C=O) groups is 1. The molecular formula is C13H16N4O3. The molecule has 1 saturated heterocycles. The second-order valence-corrected chi connectivity index (χ2v) is 5.34. The molecule has 7 nitrogen and oxygen atoms in total. The molecule has 0 radical (unpaired) electrons. The van der Waals surface area contributed by atoms with Gasteiger partial charge in [0.15, 0.2) is 0 Å². The number of ether oxygens (including phenoxy) is 1. The number of rotatable bonds is 5. The minimum absolute atomic E-state index is 0.247. The normalized spacial score (nSPS) is 18.1. The van der Waals surface area contributed by atoms with Crippen LogP contribution in [0.2, 0.25) is 0 Å². The zero-order valence-electron chi connectivity index (χ0n) is 11.2. The van der Waals surface area contributed by atoms with E-state index in [-0.39, 0.29) is 12.2 Å². The van der Waals surface area contributed by atoms with Crippen LogP contribution in [0.5, 0.6) is 0 Å². The summed E-state index contributed by atoms with van der Waals surface area (Å²) in [4.78, 5) is 21.3. The van der Waals surface area contributed by atoms with Crippen molar-refractivity contribution in [1.29, 1.82) is 0 Å². The van der Waals surface area contributed by atoms with Gasteiger partial charge in [0, 0.05) is 38.2 Å². The van der Waals surface area contributed by atoms with Crippen LogP contribution in [0, 0.1) is 0 Å². The Morgan fingerprint density at radius 1 is 1.55 bits per heavy atom. The average Bonchev–Trinajstić information content (AvgIpc) is 2.76. The molecule has 0 spiro atoms. The van der Waals surface area contributed by atoms with Crippen molar-refractivity contribution < 1.29 is 14.6 Å². The molecule has 0 saturated carbocycles. The van der Waals surface area contributed by atoms with Crippen LogP contribution in [0.25, 0.3) is 5.78 Å². The van der Waals surface area contributed by atoms with Crippen molar-refractivity contribution in [2.75, 3.05) is 19.7 Å². The first-order chi connectivity index (χ1) is 9.54. The van der Waals surface area contributed by atoms with Gasteiger partial charge < -0.3 is 9.84 Å². The number of carboxylic acid groups (broad SMARTS) is 1. The Labute approximate surface area is 115 Å². The number of hydrogen-bond acceptors (Lipinski definition) is 5. The summed E-state index contributed by atoms with van der Waals surface area (Å²) in [7, 11) is 0. The van der Waals surface area contributed by atoms with Gasteiger partial charge in [-0.15, -0.1) is 0 Å². The van der Waals surface area contributed by atoms with Crippen LogP contribution >= 0.6 is 0 Å². The largest absolute Gasteiger partial charge is 0.480 e. The van der Waals surface area contributed by atoms with E-state index >= 15 is 0 Å². The lowest BCUT2D eigenvalue weighted by Crippen LogP contribution is -2.61. The van der Waals surface area contributed by atoms with E-state index in [9.17, 15) is 4.79 Å². The number of fused-ring (bicyclic) bond motifs is 1. The number of aromatic nitrogens is 3. The van der Waals surface area contributed by atoms with Gasteiger partial charge in [-0.05, 0) is 13.0 Å². The molecule has 0 aliphatic carbocycles. The molecule has 106 valence electrons. The van der Waals surface area contributed by atoms with Gasteiger partial charge in [0.2, 0.25) is 5.78 Å². The van der Waals surface area contributed by atoms with E-state index in [0.29, 0.717) is 18.9 Å². The molecule has 1 fully saturated rings. The molecular weight excluding hydrogens is 260 g/mol. The molecule has 20 heavy (non-hydrogen) atoms. The molecule has 0 aromatic carbocycles. The van der Waals surface area contributed by atoms with Crippen molar-refractivity contribution in [3.05, 3.63) is 30.4 Å². The van der Waals surface area contributed by atoms with Crippen LogP contribution in [0.4, 0.5) is 0 Å². The van der Waals surface area contributed by atoms with E-state index < -0.39 is 5.97 Å². The van der Waals surface area contributed by atoms with Crippen LogP contribution < -0.4 is 0 Å². The number of hydrogen-bond donors (Lipinski definition) is 1. The van der Waals surface area contributed by atoms with Crippen LogP contribution in [0.1, 0.15) is 12.6 Å². The smallest absolute Gasteiger partial charge is 0.329 e. The van der Waals surface area contributed by atoms with Crippen molar-refractivity contribution in [2.24, 2.45) is 0 Å². The molecule has 3 heterocycles. The molecule has 0 amide bonds. The van der Waals surface area contributed by atoms with E-state index in [0.717, 1.165) is 12.2 Å². The summed E-state index contributed by atoms with van der Waals surface area (Å²) in [6.45, 7) is 3.82. The summed E-state index contributed by atoms with van der Waals surface area (Å²) >= 11 is 0. The Balaban J connectivity index is 1.57. The fraction of sp³-hybridized carbons (Fsp3) is 0.462. The van der Waals surface area contributed by atoms with Gasteiger partial charge in [0.05, 0.1) is 11.3 Å². The van der Waals surface area contributed by atoms with E-state index in [1.807, 2.05) is 29.8 Å². The molecule has 1 aliphatic heterocycles. The van der Waals surface area contributed by atoms with Gasteiger partial charge >= 0.3 is 5.97 Å². The highest BCUT2D eigenvalue weighted by Crippen LogP contribution is 2.26. The third-order valence-corrected chi connectivity index (χ3v) is 3.33. The Morgan fingerprint density at radius 3 is 3.05 bits per heavy atom. The zero-order valence-corrected chi connectivity index (χ0v) is 11.2. The molecule has 2 aromatic rings. The van der Waals surface area contributed by atoms with Crippen molar-refractivity contribution in [3.8, 4) is 0 Å². The van der Waals surface area contributed by atoms with Gasteiger partial charge in [-0.2, -0.15) is 0 Å². The predicted molar refractivity (Wildman–Crippen MR) is 70.3 cm³/mol. The van der Waals surface area contributed by atoms with Gasteiger partial charge in [-0.25, -0.2) is 14.8 Å². The van der Waals surface area contributed by atoms with E-state index in [2.05, 4.69) is 14.9 Å². The standard InChI is InChI=1S/C13H16N4O3/c1-13(20-7-11(18)19)8-16(9-13)5-10-6-17-4-2-3-14-12(17)15-10/h2-4,6H,5,7-9H2,1H3,(H,18,19). The summed E-state index contributed by atoms with van der Waals surface area (Å²) in [6, 6.07) is 1.86. The Kier molecular flexibility index (Phi) is 3.15. The van der Waals surface area contributed by atoms with Crippen LogP contribution in [0.15, 0.2) is 24.7 Å². The van der Waals surface area contributed by atoms with E-state index in [1.54, 1.807) is 6.20 Å². The number of carboxylic acids is 1. The molecule has 7 heteroatoms. The third-order valence-electron chi connectivity index (χ3n) is 3.33.